The maximum absolute atomic E-state index is 13.5. The molecule has 4 saturated heterocycles. The first kappa shape index (κ1) is 26.6. The molecule has 2 amide bonds. The maximum Gasteiger partial charge on any atom is 0.243 e. The minimum atomic E-state index is -0.388. The van der Waals surface area contributed by atoms with E-state index >= 15 is 0 Å². The van der Waals surface area contributed by atoms with Gasteiger partial charge in [0, 0.05) is 38.3 Å². The summed E-state index contributed by atoms with van der Waals surface area (Å²) < 4.78 is 0. The van der Waals surface area contributed by atoms with Crippen LogP contribution in [0.2, 0.25) is 0 Å². The molecule has 4 aliphatic rings. The van der Waals surface area contributed by atoms with Crippen LogP contribution in [0.4, 0.5) is 0 Å². The van der Waals surface area contributed by atoms with Crippen molar-refractivity contribution in [2.24, 2.45) is 0 Å². The first-order chi connectivity index (χ1) is 17.5. The van der Waals surface area contributed by atoms with Gasteiger partial charge in [-0.05, 0) is 75.8 Å². The summed E-state index contributed by atoms with van der Waals surface area (Å²) in [7, 11) is 4.38. The van der Waals surface area contributed by atoms with Crippen molar-refractivity contribution in [1.82, 2.24) is 24.9 Å². The lowest BCUT2D eigenvalue weighted by atomic mass is 9.83. The molecule has 0 aromatic heterocycles. The highest BCUT2D eigenvalue weighted by atomic mass is 16.2. The molecule has 0 saturated carbocycles. The number of hydrogen-bond acceptors (Lipinski definition) is 5. The number of hydrogen-bond donors (Lipinski definition) is 1. The minimum absolute atomic E-state index is 0.0661. The smallest absolute Gasteiger partial charge is 0.243 e. The number of benzene rings is 1. The fourth-order valence-corrected chi connectivity index (χ4v) is 6.92. The zero-order chi connectivity index (χ0) is 26.4. The van der Waals surface area contributed by atoms with Crippen LogP contribution in [-0.4, -0.2) is 102 Å². The van der Waals surface area contributed by atoms with Crippen LogP contribution >= 0.6 is 0 Å². The van der Waals surface area contributed by atoms with Gasteiger partial charge >= 0.3 is 0 Å². The van der Waals surface area contributed by atoms with Gasteiger partial charge in [-0.3, -0.25) is 19.4 Å². The van der Waals surface area contributed by atoms with E-state index in [-0.39, 0.29) is 34.9 Å². The molecule has 37 heavy (non-hydrogen) atoms. The number of fused-ring (bicyclic) bond motifs is 1. The number of rotatable bonds is 4. The maximum atomic E-state index is 13.5. The molecule has 4 aliphatic heterocycles. The zero-order valence-electron chi connectivity index (χ0n) is 23.6. The van der Waals surface area contributed by atoms with Crippen LogP contribution in [0.25, 0.3) is 0 Å². The van der Waals surface area contributed by atoms with E-state index in [0.717, 1.165) is 64.8 Å². The lowest BCUT2D eigenvalue weighted by Gasteiger charge is -2.41. The molecule has 1 aromatic rings. The van der Waals surface area contributed by atoms with Crippen molar-refractivity contribution in [3.8, 4) is 0 Å². The monoisotopic (exact) mass is 509 g/mol. The first-order valence-electron chi connectivity index (χ1n) is 14.4. The fraction of sp³-hybridized carbons (Fsp3) is 0.733. The molecule has 4 fully saturated rings. The number of carbonyl (C=O) groups excluding carboxylic acids is 2. The Morgan fingerprint density at radius 2 is 1.65 bits per heavy atom. The second-order valence-corrected chi connectivity index (χ2v) is 13.3. The largest absolute Gasteiger partial charge is 0.348 e. The molecule has 0 bridgehead atoms. The molecule has 2 atom stereocenters. The van der Waals surface area contributed by atoms with Crippen LogP contribution in [-0.2, 0) is 21.5 Å². The molecule has 5 rings (SSSR count). The normalized spacial score (nSPS) is 28.0. The predicted molar refractivity (Wildman–Crippen MR) is 147 cm³/mol. The molecule has 0 unspecified atom stereocenters. The summed E-state index contributed by atoms with van der Waals surface area (Å²) in [6.45, 7) is 12.4. The zero-order valence-corrected chi connectivity index (χ0v) is 23.6. The van der Waals surface area contributed by atoms with Crippen molar-refractivity contribution in [2.45, 2.75) is 94.9 Å². The molecule has 0 aliphatic carbocycles. The Labute approximate surface area is 223 Å². The lowest BCUT2D eigenvalue weighted by Crippen LogP contribution is -2.56. The molecular formula is C30H47N5O2. The Morgan fingerprint density at radius 3 is 2.27 bits per heavy atom. The average Bonchev–Trinajstić information content (AvgIpc) is 3.28. The Kier molecular flexibility index (Phi) is 7.42. The van der Waals surface area contributed by atoms with Crippen molar-refractivity contribution in [1.29, 1.82) is 0 Å². The van der Waals surface area contributed by atoms with Gasteiger partial charge in [-0.15, -0.1) is 0 Å². The molecule has 0 radical (unpaired) electrons. The lowest BCUT2D eigenvalue weighted by molar-refractivity contribution is -0.135. The highest BCUT2D eigenvalue weighted by Crippen LogP contribution is 2.35. The van der Waals surface area contributed by atoms with Gasteiger partial charge in [0.15, 0.2) is 0 Å². The van der Waals surface area contributed by atoms with E-state index in [1.807, 2.05) is 4.90 Å². The van der Waals surface area contributed by atoms with Gasteiger partial charge < -0.3 is 15.1 Å². The highest BCUT2D eigenvalue weighted by Gasteiger charge is 2.49. The molecular weight excluding hydrogens is 462 g/mol. The Bertz CT molecular complexity index is 943. The summed E-state index contributed by atoms with van der Waals surface area (Å²) in [6.07, 6.45) is 5.19. The predicted octanol–water partition coefficient (Wildman–Crippen LogP) is 2.83. The van der Waals surface area contributed by atoms with Gasteiger partial charge in [-0.1, -0.05) is 45.0 Å². The Balaban J connectivity index is 1.17. The highest BCUT2D eigenvalue weighted by molar-refractivity contribution is 5.92. The number of amides is 2. The minimum Gasteiger partial charge on any atom is -0.348 e. The van der Waals surface area contributed by atoms with Gasteiger partial charge in [0.2, 0.25) is 11.8 Å². The topological polar surface area (TPSA) is 59.1 Å². The van der Waals surface area contributed by atoms with E-state index in [9.17, 15) is 9.59 Å². The average molecular weight is 510 g/mol. The molecule has 204 valence electrons. The summed E-state index contributed by atoms with van der Waals surface area (Å²) >= 11 is 0. The first-order valence-corrected chi connectivity index (χ1v) is 14.4. The fourth-order valence-electron chi connectivity index (χ4n) is 6.92. The van der Waals surface area contributed by atoms with Gasteiger partial charge in [0.05, 0.1) is 12.0 Å². The van der Waals surface area contributed by atoms with Crippen molar-refractivity contribution < 1.29 is 9.59 Å². The number of nitrogens with one attached hydrogen (secondary N) is 1. The van der Waals surface area contributed by atoms with Crippen molar-refractivity contribution in [3.05, 3.63) is 35.4 Å². The van der Waals surface area contributed by atoms with Crippen LogP contribution in [0, 0.1) is 0 Å². The van der Waals surface area contributed by atoms with E-state index in [0.29, 0.717) is 19.0 Å². The number of likely N-dealkylation sites (tertiary alicyclic amines) is 2. The number of nitrogens with zero attached hydrogens (tertiary/aromatic N) is 4. The molecule has 4 heterocycles. The van der Waals surface area contributed by atoms with Gasteiger partial charge in [-0.25, -0.2) is 0 Å². The van der Waals surface area contributed by atoms with Crippen LogP contribution in [0.1, 0.15) is 70.4 Å². The van der Waals surface area contributed by atoms with Gasteiger partial charge in [-0.2, -0.15) is 0 Å². The van der Waals surface area contributed by atoms with Gasteiger partial charge in [0.1, 0.15) is 6.04 Å². The van der Waals surface area contributed by atoms with Gasteiger partial charge in [0.25, 0.3) is 0 Å². The molecule has 7 heteroatoms. The molecule has 1 N–H and O–H groups in total. The third-order valence-electron chi connectivity index (χ3n) is 9.66. The van der Waals surface area contributed by atoms with Crippen molar-refractivity contribution >= 4 is 11.8 Å². The SMILES string of the molecule is CN1CCC(N(C)[C@H]2C[C@H]3C(=O)NC4(CCN(Cc5ccc(C(C)(C)C)cc5)CC4)CC(=O)N3C2)CC1. The van der Waals surface area contributed by atoms with Crippen LogP contribution < -0.4 is 5.32 Å². The Morgan fingerprint density at radius 1 is 1.00 bits per heavy atom. The van der Waals surface area contributed by atoms with E-state index < -0.39 is 0 Å². The molecule has 1 aromatic carbocycles. The third-order valence-corrected chi connectivity index (χ3v) is 9.66. The second kappa shape index (κ2) is 10.3. The number of likely N-dealkylation sites (N-methyl/N-ethyl adjacent to an activating group) is 1. The number of carbonyl (C=O) groups is 2. The van der Waals surface area contributed by atoms with E-state index in [4.69, 9.17) is 0 Å². The Hall–Kier alpha value is -1.96. The van der Waals surface area contributed by atoms with Crippen LogP contribution in [0.5, 0.6) is 0 Å². The number of piperidine rings is 2. The summed E-state index contributed by atoms with van der Waals surface area (Å²) in [6, 6.07) is 9.48. The van der Waals surface area contributed by atoms with E-state index in [1.54, 1.807) is 0 Å². The summed E-state index contributed by atoms with van der Waals surface area (Å²) in [4.78, 5) is 36.1. The van der Waals surface area contributed by atoms with Crippen molar-refractivity contribution in [3.63, 3.8) is 0 Å². The molecule has 1 spiro atoms. The van der Waals surface area contributed by atoms with Crippen molar-refractivity contribution in [2.75, 3.05) is 46.8 Å². The summed E-state index contributed by atoms with van der Waals surface area (Å²) in [5.74, 6) is 0.227. The van der Waals surface area contributed by atoms with E-state index in [1.165, 1.54) is 11.1 Å². The standard InChI is InChI=1S/C30H47N5O2/c1-29(2,3)23-8-6-22(7-9-23)20-34-16-12-30(13-17-34)19-27(36)35-21-25(18-26(35)28(37)31-30)33(5)24-10-14-32(4)15-11-24/h6-9,24-26H,10-21H2,1-5H3,(H,31,37)/t25-,26-/m0/s1. The van der Waals surface area contributed by atoms with Crippen LogP contribution in [0.3, 0.4) is 0 Å². The van der Waals surface area contributed by atoms with Crippen LogP contribution in [0.15, 0.2) is 24.3 Å². The van der Waals surface area contributed by atoms with E-state index in [2.05, 4.69) is 79.1 Å². The quantitative estimate of drug-likeness (QED) is 0.677. The third kappa shape index (κ3) is 5.74. The summed E-state index contributed by atoms with van der Waals surface area (Å²) in [5, 5.41) is 3.40. The summed E-state index contributed by atoms with van der Waals surface area (Å²) in [5.41, 5.74) is 2.45. The molecule has 7 nitrogen and oxygen atoms in total. The second-order valence-electron chi connectivity index (χ2n) is 13.3.